The molecule has 0 amide bonds. The fourth-order valence-electron chi connectivity index (χ4n) is 2.10. The predicted octanol–water partition coefficient (Wildman–Crippen LogP) is 4.67. The molecule has 0 saturated carbocycles. The molecule has 0 radical (unpaired) electrons. The molecule has 0 heterocycles. The van der Waals surface area contributed by atoms with Crippen LogP contribution in [-0.4, -0.2) is 16.2 Å². The Labute approximate surface area is 134 Å². The van der Waals surface area contributed by atoms with Crippen LogP contribution in [0.4, 0.5) is 11.4 Å². The summed E-state index contributed by atoms with van der Waals surface area (Å²) in [5, 5.41) is 20.4. The van der Waals surface area contributed by atoms with Crippen LogP contribution in [0.25, 0.3) is 6.08 Å². The minimum absolute atomic E-state index is 0.0634. The lowest BCUT2D eigenvalue weighted by atomic mass is 10.1. The van der Waals surface area contributed by atoms with Gasteiger partial charge in [-0.2, -0.15) is 0 Å². The van der Waals surface area contributed by atoms with Gasteiger partial charge in [-0.3, -0.25) is 15.1 Å². The van der Waals surface area contributed by atoms with Gasteiger partial charge in [0.15, 0.2) is 0 Å². The van der Waals surface area contributed by atoms with E-state index < -0.39 is 4.92 Å². The van der Waals surface area contributed by atoms with Crippen LogP contribution in [0, 0.1) is 10.1 Å². The molecule has 0 aromatic heterocycles. The molecule has 2 rings (SSSR count). The minimum Gasteiger partial charge on any atom is -0.506 e. The van der Waals surface area contributed by atoms with Gasteiger partial charge in [-0.05, 0) is 47.9 Å². The van der Waals surface area contributed by atoms with Crippen LogP contribution in [0.2, 0.25) is 0 Å². The summed E-state index contributed by atoms with van der Waals surface area (Å²) in [4.78, 5) is 14.4. The van der Waals surface area contributed by atoms with Gasteiger partial charge >= 0.3 is 0 Å². The predicted molar refractivity (Wildman–Crippen MR) is 92.4 cm³/mol. The first-order chi connectivity index (χ1) is 11.1. The first kappa shape index (κ1) is 16.4. The molecular weight excluding hydrogens is 292 g/mol. The van der Waals surface area contributed by atoms with Crippen LogP contribution in [0.1, 0.15) is 24.5 Å². The Hall–Kier alpha value is -2.95. The second-order valence-electron chi connectivity index (χ2n) is 5.06. The zero-order chi connectivity index (χ0) is 16.7. The van der Waals surface area contributed by atoms with Crippen LogP contribution in [0.5, 0.6) is 5.75 Å². The van der Waals surface area contributed by atoms with Gasteiger partial charge in [-0.15, -0.1) is 0 Å². The van der Waals surface area contributed by atoms with E-state index in [0.29, 0.717) is 5.69 Å². The van der Waals surface area contributed by atoms with Crippen molar-refractivity contribution in [2.45, 2.75) is 19.8 Å². The van der Waals surface area contributed by atoms with Crippen molar-refractivity contribution >= 4 is 23.7 Å². The van der Waals surface area contributed by atoms with Gasteiger partial charge in [0.1, 0.15) is 11.4 Å². The van der Waals surface area contributed by atoms with Gasteiger partial charge in [-0.1, -0.05) is 25.5 Å². The molecule has 0 spiro atoms. The maximum absolute atomic E-state index is 10.6. The number of rotatable bonds is 6. The molecule has 0 aliphatic rings. The fourth-order valence-corrected chi connectivity index (χ4v) is 2.10. The zero-order valence-electron chi connectivity index (χ0n) is 12.8. The van der Waals surface area contributed by atoms with E-state index in [4.69, 9.17) is 0 Å². The van der Waals surface area contributed by atoms with E-state index in [2.05, 4.69) is 11.9 Å². The maximum Gasteiger partial charge on any atom is 0.269 e. The highest BCUT2D eigenvalue weighted by molar-refractivity contribution is 5.81. The van der Waals surface area contributed by atoms with Crippen LogP contribution < -0.4 is 0 Å². The van der Waals surface area contributed by atoms with Gasteiger partial charge in [0.05, 0.1) is 4.92 Å². The highest BCUT2D eigenvalue weighted by atomic mass is 16.6. The topological polar surface area (TPSA) is 75.7 Å². The molecule has 0 unspecified atom stereocenters. The Kier molecular flexibility index (Phi) is 5.63. The standard InChI is InChI=1S/C18H18N2O3/c1-2-4-15-8-11-18(21)17(13-15)19-12-3-5-14-6-9-16(10-7-14)20(22)23/h3,5-13,21H,2,4H2,1H3/b5-3+,19-12?. The third-order valence-electron chi connectivity index (χ3n) is 3.27. The molecule has 2 aromatic carbocycles. The lowest BCUT2D eigenvalue weighted by molar-refractivity contribution is -0.384. The number of phenols is 1. The van der Waals surface area contributed by atoms with E-state index in [9.17, 15) is 15.2 Å². The van der Waals surface area contributed by atoms with E-state index in [0.717, 1.165) is 24.0 Å². The molecule has 0 fully saturated rings. The lowest BCUT2D eigenvalue weighted by Gasteiger charge is -2.02. The summed E-state index contributed by atoms with van der Waals surface area (Å²) in [5.41, 5.74) is 2.57. The number of non-ortho nitro benzene ring substituents is 1. The molecule has 118 valence electrons. The highest BCUT2D eigenvalue weighted by Crippen LogP contribution is 2.27. The Bertz CT molecular complexity index is 734. The van der Waals surface area contributed by atoms with E-state index in [1.54, 1.807) is 36.6 Å². The number of benzene rings is 2. The number of hydrogen-bond donors (Lipinski definition) is 1. The second-order valence-corrected chi connectivity index (χ2v) is 5.06. The van der Waals surface area contributed by atoms with Crippen molar-refractivity contribution in [2.24, 2.45) is 4.99 Å². The van der Waals surface area contributed by atoms with Crippen LogP contribution >= 0.6 is 0 Å². The monoisotopic (exact) mass is 310 g/mol. The van der Waals surface area contributed by atoms with Crippen LogP contribution in [0.15, 0.2) is 53.5 Å². The van der Waals surface area contributed by atoms with E-state index >= 15 is 0 Å². The SMILES string of the molecule is CCCc1ccc(O)c(N=C/C=C/c2ccc([N+](=O)[O-])cc2)c1. The van der Waals surface area contributed by atoms with Crippen molar-refractivity contribution in [2.75, 3.05) is 0 Å². The number of hydrogen-bond acceptors (Lipinski definition) is 4. The largest absolute Gasteiger partial charge is 0.506 e. The Morgan fingerprint density at radius 2 is 1.96 bits per heavy atom. The molecule has 2 aromatic rings. The molecule has 0 saturated heterocycles. The van der Waals surface area contributed by atoms with Crippen molar-refractivity contribution in [3.63, 3.8) is 0 Å². The molecule has 0 bridgehead atoms. The first-order valence-corrected chi connectivity index (χ1v) is 7.37. The fraction of sp³-hybridized carbons (Fsp3) is 0.167. The van der Waals surface area contributed by atoms with E-state index in [1.807, 2.05) is 12.1 Å². The number of allylic oxidation sites excluding steroid dienone is 1. The van der Waals surface area contributed by atoms with Crippen molar-refractivity contribution in [1.82, 2.24) is 0 Å². The average molecular weight is 310 g/mol. The van der Waals surface area contributed by atoms with Crippen molar-refractivity contribution < 1.29 is 10.0 Å². The van der Waals surface area contributed by atoms with Gasteiger partial charge in [0, 0.05) is 18.3 Å². The summed E-state index contributed by atoms with van der Waals surface area (Å²) in [6.07, 6.45) is 7.09. The Balaban J connectivity index is 2.06. The molecule has 0 atom stereocenters. The lowest BCUT2D eigenvalue weighted by Crippen LogP contribution is -1.86. The molecule has 0 aliphatic heterocycles. The molecular formula is C18H18N2O3. The van der Waals surface area contributed by atoms with Crippen LogP contribution in [0.3, 0.4) is 0 Å². The number of phenolic OH excluding ortho intramolecular Hbond substituents is 1. The van der Waals surface area contributed by atoms with Gasteiger partial charge in [0.25, 0.3) is 5.69 Å². The number of nitro groups is 1. The summed E-state index contributed by atoms with van der Waals surface area (Å²) in [7, 11) is 0. The van der Waals surface area contributed by atoms with Crippen molar-refractivity contribution in [3.8, 4) is 5.75 Å². The number of aliphatic imine (C=N–C) groups is 1. The van der Waals surface area contributed by atoms with E-state index in [-0.39, 0.29) is 11.4 Å². The van der Waals surface area contributed by atoms with Gasteiger partial charge in [0.2, 0.25) is 0 Å². The minimum atomic E-state index is -0.430. The van der Waals surface area contributed by atoms with E-state index in [1.165, 1.54) is 12.1 Å². The maximum atomic E-state index is 10.6. The third kappa shape index (κ3) is 4.78. The number of aryl methyl sites for hydroxylation is 1. The molecule has 1 N–H and O–H groups in total. The normalized spacial score (nSPS) is 11.3. The molecule has 5 nitrogen and oxygen atoms in total. The molecule has 5 heteroatoms. The molecule has 0 aliphatic carbocycles. The number of aromatic hydroxyl groups is 1. The first-order valence-electron chi connectivity index (χ1n) is 7.37. The number of nitrogens with zero attached hydrogens (tertiary/aromatic N) is 2. The summed E-state index contributed by atoms with van der Waals surface area (Å²) >= 11 is 0. The molecule has 23 heavy (non-hydrogen) atoms. The summed E-state index contributed by atoms with van der Waals surface area (Å²) < 4.78 is 0. The van der Waals surface area contributed by atoms with Crippen LogP contribution in [-0.2, 0) is 6.42 Å². The Morgan fingerprint density at radius 3 is 2.61 bits per heavy atom. The second kappa shape index (κ2) is 7.89. The summed E-state index contributed by atoms with van der Waals surface area (Å²) in [5.74, 6) is 0.143. The van der Waals surface area contributed by atoms with Gasteiger partial charge in [-0.25, -0.2) is 0 Å². The summed E-state index contributed by atoms with van der Waals surface area (Å²) in [6.45, 7) is 2.10. The van der Waals surface area contributed by atoms with Gasteiger partial charge < -0.3 is 5.11 Å². The Morgan fingerprint density at radius 1 is 1.22 bits per heavy atom. The van der Waals surface area contributed by atoms with Crippen molar-refractivity contribution in [3.05, 3.63) is 69.8 Å². The third-order valence-corrected chi connectivity index (χ3v) is 3.27. The average Bonchev–Trinajstić information content (AvgIpc) is 2.55. The zero-order valence-corrected chi connectivity index (χ0v) is 12.8. The summed E-state index contributed by atoms with van der Waals surface area (Å²) in [6, 6.07) is 11.7. The smallest absolute Gasteiger partial charge is 0.269 e. The van der Waals surface area contributed by atoms with Crippen molar-refractivity contribution in [1.29, 1.82) is 0 Å². The number of nitro benzene ring substituents is 1. The quantitative estimate of drug-likeness (QED) is 0.478. The highest BCUT2D eigenvalue weighted by Gasteiger charge is 2.02.